The van der Waals surface area contributed by atoms with Crippen molar-refractivity contribution in [3.8, 4) is 5.75 Å². The van der Waals surface area contributed by atoms with Gasteiger partial charge in [0, 0.05) is 18.1 Å². The Morgan fingerprint density at radius 1 is 1.00 bits per heavy atom. The van der Waals surface area contributed by atoms with E-state index in [1.54, 1.807) is 62.6 Å². The first-order valence-corrected chi connectivity index (χ1v) is 15.0. The summed E-state index contributed by atoms with van der Waals surface area (Å²) in [5, 5.41) is 3.21. The van der Waals surface area contributed by atoms with Crippen molar-refractivity contribution in [1.82, 2.24) is 10.2 Å². The number of sulfonamides is 1. The van der Waals surface area contributed by atoms with Crippen LogP contribution in [0.3, 0.4) is 0 Å². The minimum atomic E-state index is -4.17. The SMILES string of the molecule is CCCNC(=O)C(CC)N(Cc1cccc(OC)c1)C(=O)CN(c1cc(Cl)ccc1C)S(=O)(=O)c1ccccc1. The van der Waals surface area contributed by atoms with Crippen LogP contribution in [0.25, 0.3) is 0 Å². The van der Waals surface area contributed by atoms with Gasteiger partial charge >= 0.3 is 0 Å². The second kappa shape index (κ2) is 14.2. The van der Waals surface area contributed by atoms with Gasteiger partial charge in [0.25, 0.3) is 10.0 Å². The highest BCUT2D eigenvalue weighted by molar-refractivity contribution is 7.92. The summed E-state index contributed by atoms with van der Waals surface area (Å²) < 4.78 is 34.3. The van der Waals surface area contributed by atoms with Crippen LogP contribution >= 0.6 is 11.6 Å². The van der Waals surface area contributed by atoms with E-state index in [2.05, 4.69) is 5.32 Å². The number of ether oxygens (including phenoxy) is 1. The number of carbonyl (C=O) groups is 2. The molecule has 3 aromatic carbocycles. The molecule has 3 aromatic rings. The average molecular weight is 586 g/mol. The Morgan fingerprint density at radius 3 is 2.38 bits per heavy atom. The number of amides is 2. The fourth-order valence-electron chi connectivity index (χ4n) is 4.34. The molecule has 0 heterocycles. The minimum absolute atomic E-state index is 0.0363. The van der Waals surface area contributed by atoms with Crippen molar-refractivity contribution in [3.63, 3.8) is 0 Å². The highest BCUT2D eigenvalue weighted by Gasteiger charge is 2.34. The van der Waals surface area contributed by atoms with Crippen LogP contribution in [0.1, 0.15) is 37.8 Å². The number of carbonyl (C=O) groups excluding carboxylic acids is 2. The van der Waals surface area contributed by atoms with Crippen molar-refractivity contribution in [2.45, 2.75) is 51.1 Å². The number of nitrogens with zero attached hydrogens (tertiary/aromatic N) is 2. The molecule has 1 atom stereocenters. The number of benzene rings is 3. The Labute approximate surface area is 241 Å². The number of aryl methyl sites for hydroxylation is 1. The number of hydrogen-bond acceptors (Lipinski definition) is 5. The molecular weight excluding hydrogens is 550 g/mol. The fraction of sp³-hybridized carbons (Fsp3) is 0.333. The second-order valence-corrected chi connectivity index (χ2v) is 11.6. The van der Waals surface area contributed by atoms with E-state index in [-0.39, 0.29) is 23.0 Å². The Balaban J connectivity index is 2.09. The van der Waals surface area contributed by atoms with Gasteiger partial charge in [-0.05, 0) is 67.3 Å². The summed E-state index contributed by atoms with van der Waals surface area (Å²) in [4.78, 5) is 28.8. The van der Waals surface area contributed by atoms with Crippen LogP contribution < -0.4 is 14.4 Å². The second-order valence-electron chi connectivity index (χ2n) is 9.34. The van der Waals surface area contributed by atoms with E-state index in [4.69, 9.17) is 16.3 Å². The van der Waals surface area contributed by atoms with Gasteiger partial charge < -0.3 is 15.0 Å². The van der Waals surface area contributed by atoms with Gasteiger partial charge in [-0.1, -0.05) is 61.8 Å². The molecule has 0 saturated carbocycles. The summed E-state index contributed by atoms with van der Waals surface area (Å²) >= 11 is 6.27. The van der Waals surface area contributed by atoms with Crippen molar-refractivity contribution in [3.05, 3.63) is 88.9 Å². The van der Waals surface area contributed by atoms with Crippen LogP contribution in [0.2, 0.25) is 5.02 Å². The van der Waals surface area contributed by atoms with Crippen molar-refractivity contribution < 1.29 is 22.7 Å². The topological polar surface area (TPSA) is 96.0 Å². The third-order valence-electron chi connectivity index (χ3n) is 6.47. The zero-order chi connectivity index (χ0) is 29.3. The third-order valence-corrected chi connectivity index (χ3v) is 8.48. The van der Waals surface area contributed by atoms with E-state index >= 15 is 0 Å². The number of nitrogens with one attached hydrogen (secondary N) is 1. The van der Waals surface area contributed by atoms with E-state index in [0.717, 1.165) is 16.3 Å². The van der Waals surface area contributed by atoms with Crippen LogP contribution in [0.5, 0.6) is 5.75 Å². The summed E-state index contributed by atoms with van der Waals surface area (Å²) in [6.07, 6.45) is 1.08. The maximum atomic E-state index is 14.1. The normalized spacial score (nSPS) is 11.9. The molecule has 0 aliphatic carbocycles. The molecule has 0 aliphatic rings. The zero-order valence-corrected chi connectivity index (χ0v) is 24.8. The Morgan fingerprint density at radius 2 is 1.73 bits per heavy atom. The molecule has 0 bridgehead atoms. The van der Waals surface area contributed by atoms with Crippen LogP contribution in [-0.2, 0) is 26.2 Å². The van der Waals surface area contributed by atoms with E-state index in [0.29, 0.717) is 29.3 Å². The smallest absolute Gasteiger partial charge is 0.264 e. The minimum Gasteiger partial charge on any atom is -0.497 e. The molecule has 0 aliphatic heterocycles. The van der Waals surface area contributed by atoms with Crippen molar-refractivity contribution in [2.75, 3.05) is 24.5 Å². The first-order valence-electron chi connectivity index (χ1n) is 13.2. The summed E-state index contributed by atoms with van der Waals surface area (Å²) in [6.45, 7) is 5.54. The van der Waals surface area contributed by atoms with Gasteiger partial charge in [0.1, 0.15) is 18.3 Å². The summed E-state index contributed by atoms with van der Waals surface area (Å²) in [6, 6.07) is 19.2. The molecule has 0 saturated heterocycles. The first kappa shape index (κ1) is 31.0. The van der Waals surface area contributed by atoms with Crippen LogP contribution in [0.4, 0.5) is 5.69 Å². The maximum Gasteiger partial charge on any atom is 0.264 e. The highest BCUT2D eigenvalue weighted by atomic mass is 35.5. The average Bonchev–Trinajstić information content (AvgIpc) is 2.96. The molecule has 0 radical (unpaired) electrons. The fourth-order valence-corrected chi connectivity index (χ4v) is 6.00. The van der Waals surface area contributed by atoms with Gasteiger partial charge in [-0.15, -0.1) is 0 Å². The number of anilines is 1. The number of halogens is 1. The number of methoxy groups -OCH3 is 1. The van der Waals surface area contributed by atoms with Gasteiger partial charge in [-0.3, -0.25) is 13.9 Å². The van der Waals surface area contributed by atoms with Gasteiger partial charge in [-0.25, -0.2) is 8.42 Å². The molecule has 8 nitrogen and oxygen atoms in total. The largest absolute Gasteiger partial charge is 0.497 e. The van der Waals surface area contributed by atoms with E-state index in [1.807, 2.05) is 19.9 Å². The summed E-state index contributed by atoms with van der Waals surface area (Å²) in [5.41, 5.74) is 1.66. The first-order chi connectivity index (χ1) is 19.1. The maximum absolute atomic E-state index is 14.1. The molecule has 214 valence electrons. The van der Waals surface area contributed by atoms with Crippen LogP contribution in [0, 0.1) is 6.92 Å². The van der Waals surface area contributed by atoms with Crippen molar-refractivity contribution >= 4 is 39.1 Å². The zero-order valence-electron chi connectivity index (χ0n) is 23.3. The van der Waals surface area contributed by atoms with E-state index in [1.165, 1.54) is 23.1 Å². The van der Waals surface area contributed by atoms with Crippen molar-refractivity contribution in [1.29, 1.82) is 0 Å². The molecule has 3 rings (SSSR count). The lowest BCUT2D eigenvalue weighted by atomic mass is 10.1. The molecule has 0 spiro atoms. The van der Waals surface area contributed by atoms with Gasteiger partial charge in [0.15, 0.2) is 0 Å². The molecule has 0 aromatic heterocycles. The highest BCUT2D eigenvalue weighted by Crippen LogP contribution is 2.30. The Hall–Kier alpha value is -3.56. The quantitative estimate of drug-likeness (QED) is 0.298. The van der Waals surface area contributed by atoms with Gasteiger partial charge in [0.2, 0.25) is 11.8 Å². The number of rotatable bonds is 13. The Kier molecular flexibility index (Phi) is 11.0. The lowest BCUT2D eigenvalue weighted by Gasteiger charge is -2.33. The van der Waals surface area contributed by atoms with E-state index < -0.39 is 28.5 Å². The molecule has 2 amide bonds. The molecule has 40 heavy (non-hydrogen) atoms. The van der Waals surface area contributed by atoms with Gasteiger partial charge in [0.05, 0.1) is 17.7 Å². The monoisotopic (exact) mass is 585 g/mol. The predicted molar refractivity (Wildman–Crippen MR) is 158 cm³/mol. The molecule has 0 fully saturated rings. The summed E-state index contributed by atoms with van der Waals surface area (Å²) in [7, 11) is -2.62. The molecular formula is C30H36ClN3O5S. The molecule has 1 N–H and O–H groups in total. The lowest BCUT2D eigenvalue weighted by Crippen LogP contribution is -2.52. The van der Waals surface area contributed by atoms with Crippen LogP contribution in [0.15, 0.2) is 77.7 Å². The van der Waals surface area contributed by atoms with E-state index in [9.17, 15) is 18.0 Å². The van der Waals surface area contributed by atoms with Gasteiger partial charge in [-0.2, -0.15) is 0 Å². The van der Waals surface area contributed by atoms with Crippen molar-refractivity contribution in [2.24, 2.45) is 0 Å². The van der Waals surface area contributed by atoms with Crippen LogP contribution in [-0.4, -0.2) is 51.4 Å². The predicted octanol–water partition coefficient (Wildman–Crippen LogP) is 5.19. The summed E-state index contributed by atoms with van der Waals surface area (Å²) in [5.74, 6) is -0.214. The standard InChI is InChI=1S/C30H36ClN3O5S/c1-5-17-32-30(36)27(6-2)33(20-23-11-10-12-25(18-23)39-4)29(35)21-34(28-19-24(31)16-15-22(28)3)40(37,38)26-13-8-7-9-14-26/h7-16,18-19,27H,5-6,17,20-21H2,1-4H3,(H,32,36). The Bertz CT molecular complexity index is 1420. The molecule has 1 unspecified atom stereocenters. The third kappa shape index (κ3) is 7.55. The lowest BCUT2D eigenvalue weighted by molar-refractivity contribution is -0.140. The molecule has 10 heteroatoms. The number of hydrogen-bond donors (Lipinski definition) is 1.